The molecule has 2 aromatic rings. The van der Waals surface area contributed by atoms with Gasteiger partial charge in [0.05, 0.1) is 0 Å². The number of rotatable bonds is 6. The predicted molar refractivity (Wildman–Crippen MR) is 101 cm³/mol. The van der Waals surface area contributed by atoms with Gasteiger partial charge in [-0.05, 0) is 25.2 Å². The van der Waals surface area contributed by atoms with Crippen LogP contribution in [0.5, 0.6) is 0 Å². The van der Waals surface area contributed by atoms with Crippen LogP contribution in [0.1, 0.15) is 11.1 Å². The SMILES string of the molecule is CN(C)C[C@@H]1CN(Cc2ccccc2)CCN1Cc1ccccc1. The zero-order valence-corrected chi connectivity index (χ0v) is 14.9. The van der Waals surface area contributed by atoms with Crippen molar-refractivity contribution in [2.75, 3.05) is 40.3 Å². The number of benzene rings is 2. The van der Waals surface area contributed by atoms with E-state index in [0.717, 1.165) is 39.3 Å². The van der Waals surface area contributed by atoms with E-state index in [-0.39, 0.29) is 0 Å². The second-order valence-electron chi connectivity index (χ2n) is 7.09. The maximum Gasteiger partial charge on any atom is 0.0354 e. The normalized spacial score (nSPS) is 19.7. The molecule has 0 bridgehead atoms. The molecule has 0 spiro atoms. The van der Waals surface area contributed by atoms with Crippen LogP contribution in [0.25, 0.3) is 0 Å². The summed E-state index contributed by atoms with van der Waals surface area (Å²) in [5, 5.41) is 0. The topological polar surface area (TPSA) is 9.72 Å². The van der Waals surface area contributed by atoms with Gasteiger partial charge in [0, 0.05) is 45.3 Å². The highest BCUT2D eigenvalue weighted by Gasteiger charge is 2.27. The van der Waals surface area contributed by atoms with Gasteiger partial charge in [-0.25, -0.2) is 0 Å². The largest absolute Gasteiger partial charge is 0.308 e. The van der Waals surface area contributed by atoms with Crippen molar-refractivity contribution < 1.29 is 0 Å². The molecular weight excluding hydrogens is 294 g/mol. The van der Waals surface area contributed by atoms with Crippen LogP contribution in [0.3, 0.4) is 0 Å². The van der Waals surface area contributed by atoms with E-state index in [0.29, 0.717) is 6.04 Å². The molecule has 24 heavy (non-hydrogen) atoms. The smallest absolute Gasteiger partial charge is 0.0354 e. The van der Waals surface area contributed by atoms with Crippen molar-refractivity contribution >= 4 is 0 Å². The monoisotopic (exact) mass is 323 g/mol. The maximum atomic E-state index is 2.65. The van der Waals surface area contributed by atoms with Gasteiger partial charge in [-0.15, -0.1) is 0 Å². The van der Waals surface area contributed by atoms with Crippen LogP contribution in [0.4, 0.5) is 0 Å². The molecule has 0 saturated carbocycles. The quantitative estimate of drug-likeness (QED) is 0.809. The Morgan fingerprint density at radius 3 is 2.00 bits per heavy atom. The van der Waals surface area contributed by atoms with Crippen LogP contribution in [0.15, 0.2) is 60.7 Å². The van der Waals surface area contributed by atoms with Gasteiger partial charge in [-0.3, -0.25) is 9.80 Å². The van der Waals surface area contributed by atoms with E-state index in [1.807, 2.05) is 0 Å². The molecule has 2 aromatic carbocycles. The number of piperazine rings is 1. The van der Waals surface area contributed by atoms with Crippen LogP contribution in [-0.4, -0.2) is 61.0 Å². The molecule has 3 heteroatoms. The first-order chi connectivity index (χ1) is 11.7. The molecule has 1 aliphatic rings. The lowest BCUT2D eigenvalue weighted by molar-refractivity contribution is 0.0502. The van der Waals surface area contributed by atoms with Crippen LogP contribution < -0.4 is 0 Å². The average Bonchev–Trinajstić information content (AvgIpc) is 2.59. The highest BCUT2D eigenvalue weighted by atomic mass is 15.3. The van der Waals surface area contributed by atoms with Gasteiger partial charge < -0.3 is 4.90 Å². The summed E-state index contributed by atoms with van der Waals surface area (Å²) in [6.07, 6.45) is 0. The molecule has 1 fully saturated rings. The number of nitrogens with zero attached hydrogens (tertiary/aromatic N) is 3. The van der Waals surface area contributed by atoms with Crippen molar-refractivity contribution in [3.8, 4) is 0 Å². The van der Waals surface area contributed by atoms with Gasteiger partial charge in [0.2, 0.25) is 0 Å². The van der Waals surface area contributed by atoms with Gasteiger partial charge in [-0.2, -0.15) is 0 Å². The lowest BCUT2D eigenvalue weighted by Crippen LogP contribution is -2.55. The van der Waals surface area contributed by atoms with E-state index in [9.17, 15) is 0 Å². The Balaban J connectivity index is 1.64. The fourth-order valence-electron chi connectivity index (χ4n) is 3.56. The maximum absolute atomic E-state index is 2.65. The lowest BCUT2D eigenvalue weighted by atomic mass is 10.1. The molecular formula is C21H29N3. The Morgan fingerprint density at radius 1 is 0.833 bits per heavy atom. The first-order valence-electron chi connectivity index (χ1n) is 8.89. The molecule has 3 nitrogen and oxygen atoms in total. The summed E-state index contributed by atoms with van der Waals surface area (Å²) in [7, 11) is 4.35. The Labute approximate surface area is 146 Å². The Bertz CT molecular complexity index is 597. The fraction of sp³-hybridized carbons (Fsp3) is 0.429. The van der Waals surface area contributed by atoms with Crippen molar-refractivity contribution in [3.05, 3.63) is 71.8 Å². The Morgan fingerprint density at radius 2 is 1.42 bits per heavy atom. The molecule has 0 N–H and O–H groups in total. The second-order valence-corrected chi connectivity index (χ2v) is 7.09. The van der Waals surface area contributed by atoms with Crippen LogP contribution >= 0.6 is 0 Å². The minimum atomic E-state index is 0.581. The fourth-order valence-corrected chi connectivity index (χ4v) is 3.56. The van der Waals surface area contributed by atoms with Gasteiger partial charge >= 0.3 is 0 Å². The summed E-state index contributed by atoms with van der Waals surface area (Å²) >= 11 is 0. The van der Waals surface area contributed by atoms with E-state index >= 15 is 0 Å². The summed E-state index contributed by atoms with van der Waals surface area (Å²) in [6, 6.07) is 22.3. The second kappa shape index (κ2) is 8.43. The molecule has 128 valence electrons. The molecule has 1 aliphatic heterocycles. The molecule has 0 unspecified atom stereocenters. The standard InChI is InChI=1S/C21H29N3/c1-22(2)17-21-18-23(15-19-9-5-3-6-10-19)13-14-24(21)16-20-11-7-4-8-12-20/h3-12,21H,13-18H2,1-2H3/t21-/m1/s1. The molecule has 0 aromatic heterocycles. The van der Waals surface area contributed by atoms with E-state index in [4.69, 9.17) is 0 Å². The third kappa shape index (κ3) is 4.91. The number of hydrogen-bond acceptors (Lipinski definition) is 3. The molecule has 1 atom stereocenters. The summed E-state index contributed by atoms with van der Waals surface area (Å²) in [6.45, 7) is 6.65. The summed E-state index contributed by atoms with van der Waals surface area (Å²) in [4.78, 5) is 7.57. The number of likely N-dealkylation sites (N-methyl/N-ethyl adjacent to an activating group) is 1. The number of hydrogen-bond donors (Lipinski definition) is 0. The molecule has 3 rings (SSSR count). The van der Waals surface area contributed by atoms with Crippen molar-refractivity contribution in [2.45, 2.75) is 19.1 Å². The Hall–Kier alpha value is -1.68. The van der Waals surface area contributed by atoms with Crippen LogP contribution in [0.2, 0.25) is 0 Å². The van der Waals surface area contributed by atoms with Crippen molar-refractivity contribution in [1.82, 2.24) is 14.7 Å². The van der Waals surface area contributed by atoms with E-state index in [1.54, 1.807) is 0 Å². The Kier molecular flexibility index (Phi) is 6.02. The van der Waals surface area contributed by atoms with Crippen molar-refractivity contribution in [3.63, 3.8) is 0 Å². The van der Waals surface area contributed by atoms with Crippen molar-refractivity contribution in [2.24, 2.45) is 0 Å². The van der Waals surface area contributed by atoms with E-state index in [2.05, 4.69) is 89.5 Å². The predicted octanol–water partition coefficient (Wildman–Crippen LogP) is 2.93. The highest BCUT2D eigenvalue weighted by Crippen LogP contribution is 2.17. The summed E-state index contributed by atoms with van der Waals surface area (Å²) < 4.78 is 0. The lowest BCUT2D eigenvalue weighted by Gasteiger charge is -2.42. The van der Waals surface area contributed by atoms with Gasteiger partial charge in [-0.1, -0.05) is 60.7 Å². The third-order valence-electron chi connectivity index (χ3n) is 4.74. The first-order valence-corrected chi connectivity index (χ1v) is 8.89. The van der Waals surface area contributed by atoms with Crippen molar-refractivity contribution in [1.29, 1.82) is 0 Å². The van der Waals surface area contributed by atoms with Crippen LogP contribution in [-0.2, 0) is 13.1 Å². The first kappa shape index (κ1) is 17.2. The summed E-state index contributed by atoms with van der Waals surface area (Å²) in [5.74, 6) is 0. The third-order valence-corrected chi connectivity index (χ3v) is 4.74. The minimum Gasteiger partial charge on any atom is -0.308 e. The highest BCUT2D eigenvalue weighted by molar-refractivity contribution is 5.16. The molecule has 0 amide bonds. The summed E-state index contributed by atoms with van der Waals surface area (Å²) in [5.41, 5.74) is 2.83. The molecule has 1 saturated heterocycles. The van der Waals surface area contributed by atoms with Gasteiger partial charge in [0.1, 0.15) is 0 Å². The minimum absolute atomic E-state index is 0.581. The zero-order valence-electron chi connectivity index (χ0n) is 14.9. The molecule has 1 heterocycles. The van der Waals surface area contributed by atoms with E-state index in [1.165, 1.54) is 11.1 Å². The van der Waals surface area contributed by atoms with E-state index < -0.39 is 0 Å². The average molecular weight is 323 g/mol. The van der Waals surface area contributed by atoms with Crippen LogP contribution in [0, 0.1) is 0 Å². The van der Waals surface area contributed by atoms with Gasteiger partial charge in [0.15, 0.2) is 0 Å². The zero-order chi connectivity index (χ0) is 16.8. The van der Waals surface area contributed by atoms with Gasteiger partial charge in [0.25, 0.3) is 0 Å². The molecule has 0 aliphatic carbocycles. The molecule has 0 radical (unpaired) electrons.